The van der Waals surface area contributed by atoms with Crippen LogP contribution in [0.1, 0.15) is 12.5 Å². The summed E-state index contributed by atoms with van der Waals surface area (Å²) in [6.07, 6.45) is 0. The molecule has 0 saturated carbocycles. The highest BCUT2D eigenvalue weighted by atomic mass is 19.1. The Balaban J connectivity index is 2.35. The summed E-state index contributed by atoms with van der Waals surface area (Å²) < 4.78 is 26.8. The molecule has 3 N–H and O–H groups in total. The van der Waals surface area contributed by atoms with Crippen LogP contribution in [0, 0.1) is 21.7 Å². The fourth-order valence-corrected chi connectivity index (χ4v) is 2.40. The van der Waals surface area contributed by atoms with Gasteiger partial charge >= 0.3 is 6.03 Å². The smallest absolute Gasteiger partial charge is 0.308 e. The molecule has 0 aliphatic rings. The molecule has 11 heteroatoms. The monoisotopic (exact) mass is 394 g/mol. The number of halogens is 2. The van der Waals surface area contributed by atoms with E-state index in [0.29, 0.717) is 6.07 Å². The Morgan fingerprint density at radius 2 is 1.93 bits per heavy atom. The standard InChI is InChI=1S/C17H16F2N4O5/c1-10(16(24)21-26)22(9-11-4-2-3-5-15(11)23(27)28)17(25)20-14-7-6-12(18)8-13(14)19/h2-8,10,26H,9H2,1H3,(H,20,25)(H,21,24). The van der Waals surface area contributed by atoms with Crippen LogP contribution in [0.15, 0.2) is 42.5 Å². The molecule has 3 amide bonds. The minimum atomic E-state index is -1.27. The minimum absolute atomic E-state index is 0.111. The number of carbonyl (C=O) groups is 2. The number of nitro groups is 1. The highest BCUT2D eigenvalue weighted by Crippen LogP contribution is 2.22. The van der Waals surface area contributed by atoms with E-state index >= 15 is 0 Å². The first-order chi connectivity index (χ1) is 13.2. The van der Waals surface area contributed by atoms with Gasteiger partial charge in [-0.05, 0) is 19.1 Å². The Morgan fingerprint density at radius 3 is 2.54 bits per heavy atom. The number of benzene rings is 2. The Hall–Kier alpha value is -3.60. The van der Waals surface area contributed by atoms with Crippen LogP contribution in [-0.2, 0) is 11.3 Å². The second-order valence-electron chi connectivity index (χ2n) is 5.72. The normalized spacial score (nSPS) is 11.4. The van der Waals surface area contributed by atoms with Gasteiger partial charge in [0.15, 0.2) is 0 Å². The Bertz CT molecular complexity index is 909. The summed E-state index contributed by atoms with van der Waals surface area (Å²) in [6.45, 7) is 0.876. The lowest BCUT2D eigenvalue weighted by Gasteiger charge is -2.28. The maximum absolute atomic E-state index is 13.8. The number of hydrogen-bond acceptors (Lipinski definition) is 5. The van der Waals surface area contributed by atoms with Crippen molar-refractivity contribution >= 4 is 23.3 Å². The zero-order chi connectivity index (χ0) is 20.8. The topological polar surface area (TPSA) is 125 Å². The summed E-state index contributed by atoms with van der Waals surface area (Å²) in [4.78, 5) is 35.8. The summed E-state index contributed by atoms with van der Waals surface area (Å²) in [6, 6.07) is 5.78. The molecule has 0 saturated heterocycles. The summed E-state index contributed by atoms with van der Waals surface area (Å²) in [7, 11) is 0. The van der Waals surface area contributed by atoms with Gasteiger partial charge in [-0.25, -0.2) is 19.1 Å². The number of anilines is 1. The van der Waals surface area contributed by atoms with Crippen LogP contribution in [0.25, 0.3) is 0 Å². The van der Waals surface area contributed by atoms with E-state index in [4.69, 9.17) is 5.21 Å². The molecular weight excluding hydrogens is 378 g/mol. The Morgan fingerprint density at radius 1 is 1.25 bits per heavy atom. The van der Waals surface area contributed by atoms with Gasteiger partial charge in [0.2, 0.25) is 0 Å². The molecule has 0 aliphatic heterocycles. The lowest BCUT2D eigenvalue weighted by atomic mass is 10.1. The number of hydrogen-bond donors (Lipinski definition) is 3. The van der Waals surface area contributed by atoms with Crippen molar-refractivity contribution < 1.29 is 28.5 Å². The number of nitrogens with one attached hydrogen (secondary N) is 2. The first-order valence-corrected chi connectivity index (χ1v) is 7.93. The highest BCUT2D eigenvalue weighted by molar-refractivity contribution is 5.93. The van der Waals surface area contributed by atoms with Gasteiger partial charge in [-0.1, -0.05) is 18.2 Å². The zero-order valence-electron chi connectivity index (χ0n) is 14.6. The predicted octanol–water partition coefficient (Wildman–Crippen LogP) is 2.80. The van der Waals surface area contributed by atoms with Crippen molar-refractivity contribution in [3.8, 4) is 0 Å². The van der Waals surface area contributed by atoms with Crippen molar-refractivity contribution in [3.05, 3.63) is 69.8 Å². The van der Waals surface area contributed by atoms with E-state index in [1.165, 1.54) is 36.7 Å². The Labute approximate surface area is 157 Å². The lowest BCUT2D eigenvalue weighted by molar-refractivity contribution is -0.385. The van der Waals surface area contributed by atoms with Crippen LogP contribution in [0.2, 0.25) is 0 Å². The van der Waals surface area contributed by atoms with Crippen molar-refractivity contribution in [2.24, 2.45) is 0 Å². The van der Waals surface area contributed by atoms with Crippen molar-refractivity contribution in [2.45, 2.75) is 19.5 Å². The molecule has 0 radical (unpaired) electrons. The van der Waals surface area contributed by atoms with E-state index in [9.17, 15) is 28.5 Å². The van der Waals surface area contributed by atoms with E-state index in [1.54, 1.807) is 0 Å². The number of urea groups is 1. The third kappa shape index (κ3) is 4.76. The molecule has 0 bridgehead atoms. The third-order valence-corrected chi connectivity index (χ3v) is 3.92. The molecule has 28 heavy (non-hydrogen) atoms. The summed E-state index contributed by atoms with van der Waals surface area (Å²) in [5.74, 6) is -2.85. The fourth-order valence-electron chi connectivity index (χ4n) is 2.40. The minimum Gasteiger partial charge on any atom is -0.308 e. The highest BCUT2D eigenvalue weighted by Gasteiger charge is 2.28. The van der Waals surface area contributed by atoms with E-state index in [0.717, 1.165) is 17.0 Å². The molecule has 2 aromatic carbocycles. The van der Waals surface area contributed by atoms with Gasteiger partial charge in [-0.2, -0.15) is 0 Å². The van der Waals surface area contributed by atoms with Crippen molar-refractivity contribution in [3.63, 3.8) is 0 Å². The van der Waals surface area contributed by atoms with Gasteiger partial charge < -0.3 is 10.2 Å². The van der Waals surface area contributed by atoms with Crippen molar-refractivity contribution in [1.82, 2.24) is 10.4 Å². The van der Waals surface area contributed by atoms with E-state index < -0.39 is 34.5 Å². The van der Waals surface area contributed by atoms with Gasteiger partial charge in [0, 0.05) is 17.7 Å². The summed E-state index contributed by atoms with van der Waals surface area (Å²) in [5, 5.41) is 22.2. The first-order valence-electron chi connectivity index (χ1n) is 7.93. The number of hydroxylamine groups is 1. The van der Waals surface area contributed by atoms with E-state index in [2.05, 4.69) is 5.32 Å². The van der Waals surface area contributed by atoms with E-state index in [-0.39, 0.29) is 23.5 Å². The van der Waals surface area contributed by atoms with Gasteiger partial charge in [0.1, 0.15) is 17.7 Å². The number of para-hydroxylation sites is 1. The molecule has 0 heterocycles. The molecule has 2 aromatic rings. The van der Waals surface area contributed by atoms with Crippen molar-refractivity contribution in [2.75, 3.05) is 5.32 Å². The molecular formula is C17H16F2N4O5. The second-order valence-corrected chi connectivity index (χ2v) is 5.72. The number of carbonyl (C=O) groups excluding carboxylic acids is 2. The maximum atomic E-state index is 13.8. The van der Waals surface area contributed by atoms with Crippen molar-refractivity contribution in [1.29, 1.82) is 0 Å². The first kappa shape index (κ1) is 20.7. The molecule has 1 unspecified atom stereocenters. The Kier molecular flexibility index (Phi) is 6.55. The summed E-state index contributed by atoms with van der Waals surface area (Å²) >= 11 is 0. The number of nitrogens with zero attached hydrogens (tertiary/aromatic N) is 2. The molecule has 2 rings (SSSR count). The molecule has 1 atom stereocenters. The SMILES string of the molecule is CC(C(=O)NO)N(Cc1ccccc1[N+](=O)[O-])C(=O)Nc1ccc(F)cc1F. The molecule has 0 aliphatic carbocycles. The van der Waals surface area contributed by atoms with E-state index in [1.807, 2.05) is 0 Å². The second kappa shape index (κ2) is 8.86. The van der Waals surface area contributed by atoms with Crippen LogP contribution in [0.4, 0.5) is 25.0 Å². The van der Waals surface area contributed by atoms with Gasteiger partial charge in [-0.15, -0.1) is 0 Å². The number of rotatable bonds is 6. The molecule has 0 spiro atoms. The average Bonchev–Trinajstić information content (AvgIpc) is 2.67. The summed E-state index contributed by atoms with van der Waals surface area (Å²) in [5.41, 5.74) is 0.860. The molecule has 9 nitrogen and oxygen atoms in total. The van der Waals surface area contributed by atoms with Crippen LogP contribution in [0.5, 0.6) is 0 Å². The molecule has 148 valence electrons. The maximum Gasteiger partial charge on any atom is 0.322 e. The quantitative estimate of drug-likeness (QED) is 0.395. The van der Waals surface area contributed by atoms with Gasteiger partial charge in [-0.3, -0.25) is 20.1 Å². The van der Waals surface area contributed by atoms with Gasteiger partial charge in [0.05, 0.1) is 17.2 Å². The van der Waals surface area contributed by atoms with Crippen LogP contribution in [-0.4, -0.2) is 33.0 Å². The van der Waals surface area contributed by atoms with Crippen LogP contribution < -0.4 is 10.8 Å². The molecule has 0 fully saturated rings. The van der Waals surface area contributed by atoms with Crippen LogP contribution >= 0.6 is 0 Å². The average molecular weight is 394 g/mol. The predicted molar refractivity (Wildman–Crippen MR) is 93.4 cm³/mol. The van der Waals surface area contributed by atoms with Gasteiger partial charge in [0.25, 0.3) is 11.6 Å². The molecule has 0 aromatic heterocycles. The number of amides is 3. The van der Waals surface area contributed by atoms with Crippen LogP contribution in [0.3, 0.4) is 0 Å². The largest absolute Gasteiger partial charge is 0.322 e. The fraction of sp³-hybridized carbons (Fsp3) is 0.176. The third-order valence-electron chi connectivity index (χ3n) is 3.92. The number of nitro benzene ring substituents is 1. The zero-order valence-corrected chi connectivity index (χ0v) is 14.6. The lowest BCUT2D eigenvalue weighted by Crippen LogP contribution is -2.48.